The van der Waals surface area contributed by atoms with Crippen LogP contribution in [0.1, 0.15) is 31.1 Å². The van der Waals surface area contributed by atoms with E-state index in [1.165, 1.54) is 6.07 Å². The molecular weight excluding hydrogens is 425 g/mol. The number of carbonyl (C=O) groups excluding carboxylic acids is 3. The minimum absolute atomic E-state index is 0.0325. The second-order valence-electron chi connectivity index (χ2n) is 6.42. The molecule has 7 heteroatoms. The number of anilines is 1. The standard InChI is InChI=1S/C23H13Cl2NO4/c24-18-11-4-3-10-17(18)23(29)30-14-7-5-6-13(12-14)26-20-19(25)21(27)15-8-1-2-9-16(15)22(20)28/h1-12,26H. The second kappa shape index (κ2) is 8.14. The van der Waals surface area contributed by atoms with Crippen molar-refractivity contribution in [1.82, 2.24) is 0 Å². The number of ether oxygens (including phenoxy) is 1. The van der Waals surface area contributed by atoms with Crippen molar-refractivity contribution >= 4 is 46.4 Å². The fourth-order valence-electron chi connectivity index (χ4n) is 3.03. The summed E-state index contributed by atoms with van der Waals surface area (Å²) in [5.74, 6) is -1.21. The van der Waals surface area contributed by atoms with Crippen LogP contribution < -0.4 is 10.1 Å². The van der Waals surface area contributed by atoms with Crippen LogP contribution >= 0.6 is 23.2 Å². The van der Waals surface area contributed by atoms with Gasteiger partial charge in [0.25, 0.3) is 0 Å². The van der Waals surface area contributed by atoms with Gasteiger partial charge in [-0.25, -0.2) is 4.79 Å². The summed E-state index contributed by atoms with van der Waals surface area (Å²) >= 11 is 12.2. The molecule has 3 aromatic rings. The summed E-state index contributed by atoms with van der Waals surface area (Å²) in [5.41, 5.74) is 1.16. The highest BCUT2D eigenvalue weighted by molar-refractivity contribution is 6.50. The van der Waals surface area contributed by atoms with Gasteiger partial charge in [0.2, 0.25) is 11.6 Å². The maximum absolute atomic E-state index is 12.8. The van der Waals surface area contributed by atoms with Crippen LogP contribution in [-0.2, 0) is 0 Å². The molecule has 1 aliphatic rings. The van der Waals surface area contributed by atoms with Crippen molar-refractivity contribution in [2.45, 2.75) is 0 Å². The molecule has 0 radical (unpaired) electrons. The highest BCUT2D eigenvalue weighted by Gasteiger charge is 2.31. The lowest BCUT2D eigenvalue weighted by Gasteiger charge is -2.19. The largest absolute Gasteiger partial charge is 0.423 e. The Morgan fingerprint density at radius 3 is 2.20 bits per heavy atom. The van der Waals surface area contributed by atoms with Crippen molar-refractivity contribution in [3.63, 3.8) is 0 Å². The number of esters is 1. The zero-order chi connectivity index (χ0) is 21.3. The monoisotopic (exact) mass is 437 g/mol. The summed E-state index contributed by atoms with van der Waals surface area (Å²) in [6.07, 6.45) is 0. The molecule has 1 N–H and O–H groups in total. The summed E-state index contributed by atoms with van der Waals surface area (Å²) in [5, 5.41) is 2.96. The van der Waals surface area contributed by atoms with E-state index in [0.717, 1.165) is 0 Å². The Bertz CT molecular complexity index is 1230. The van der Waals surface area contributed by atoms with Crippen LogP contribution in [0, 0.1) is 0 Å². The topological polar surface area (TPSA) is 72.5 Å². The maximum atomic E-state index is 12.8. The lowest BCUT2D eigenvalue weighted by molar-refractivity contribution is 0.0734. The smallest absolute Gasteiger partial charge is 0.345 e. The molecule has 0 heterocycles. The Kier molecular flexibility index (Phi) is 5.40. The SMILES string of the molecule is O=C(Oc1cccc(NC2=C(Cl)C(=O)c3ccccc3C2=O)c1)c1ccccc1Cl. The van der Waals surface area contributed by atoms with Gasteiger partial charge in [0.15, 0.2) is 0 Å². The number of Topliss-reactive ketones (excluding diaryl/α,β-unsaturated/α-hetero) is 2. The molecule has 4 rings (SSSR count). The van der Waals surface area contributed by atoms with Crippen LogP contribution in [0.25, 0.3) is 0 Å². The Balaban J connectivity index is 1.59. The molecule has 0 unspecified atom stereocenters. The van der Waals surface area contributed by atoms with Crippen molar-refractivity contribution in [2.24, 2.45) is 0 Å². The second-order valence-corrected chi connectivity index (χ2v) is 7.20. The Morgan fingerprint density at radius 2 is 1.47 bits per heavy atom. The number of fused-ring (bicyclic) bond motifs is 1. The van der Waals surface area contributed by atoms with E-state index in [9.17, 15) is 14.4 Å². The zero-order valence-electron chi connectivity index (χ0n) is 15.3. The van der Waals surface area contributed by atoms with Gasteiger partial charge in [-0.15, -0.1) is 0 Å². The van der Waals surface area contributed by atoms with E-state index in [0.29, 0.717) is 5.69 Å². The number of hydrogen-bond donors (Lipinski definition) is 1. The number of hydrogen-bond acceptors (Lipinski definition) is 5. The van der Waals surface area contributed by atoms with Gasteiger partial charge in [0, 0.05) is 22.9 Å². The highest BCUT2D eigenvalue weighted by Crippen LogP contribution is 2.30. The zero-order valence-corrected chi connectivity index (χ0v) is 16.8. The summed E-state index contributed by atoms with van der Waals surface area (Å²) in [6.45, 7) is 0. The van der Waals surface area contributed by atoms with Crippen molar-refractivity contribution in [2.75, 3.05) is 5.32 Å². The lowest BCUT2D eigenvalue weighted by Crippen LogP contribution is -2.24. The predicted molar refractivity (Wildman–Crippen MR) is 114 cm³/mol. The molecule has 5 nitrogen and oxygen atoms in total. The first-order chi connectivity index (χ1) is 14.5. The van der Waals surface area contributed by atoms with Crippen LogP contribution in [0.15, 0.2) is 83.5 Å². The molecule has 0 saturated carbocycles. The molecule has 0 amide bonds. The van der Waals surface area contributed by atoms with Gasteiger partial charge in [-0.2, -0.15) is 0 Å². The average molecular weight is 438 g/mol. The van der Waals surface area contributed by atoms with Crippen molar-refractivity contribution in [3.8, 4) is 5.75 Å². The van der Waals surface area contributed by atoms with Crippen LogP contribution in [0.2, 0.25) is 5.02 Å². The van der Waals surface area contributed by atoms with Crippen molar-refractivity contribution in [3.05, 3.63) is 105 Å². The molecule has 0 aliphatic heterocycles. The molecule has 0 bridgehead atoms. The molecule has 30 heavy (non-hydrogen) atoms. The number of benzene rings is 3. The van der Waals surface area contributed by atoms with E-state index in [4.69, 9.17) is 27.9 Å². The quantitative estimate of drug-likeness (QED) is 0.430. The number of nitrogens with one attached hydrogen (secondary N) is 1. The fraction of sp³-hybridized carbons (Fsp3) is 0. The average Bonchev–Trinajstić information content (AvgIpc) is 2.76. The number of halogens is 2. The minimum atomic E-state index is -0.618. The number of ketones is 2. The van der Waals surface area contributed by atoms with Gasteiger partial charge >= 0.3 is 5.97 Å². The van der Waals surface area contributed by atoms with Crippen molar-refractivity contribution in [1.29, 1.82) is 0 Å². The highest BCUT2D eigenvalue weighted by atomic mass is 35.5. The summed E-state index contributed by atoms with van der Waals surface area (Å²) < 4.78 is 5.38. The molecule has 148 valence electrons. The third kappa shape index (κ3) is 3.73. The summed E-state index contributed by atoms with van der Waals surface area (Å²) in [4.78, 5) is 37.7. The van der Waals surface area contributed by atoms with E-state index in [1.54, 1.807) is 66.7 Å². The lowest BCUT2D eigenvalue weighted by atomic mass is 9.92. The van der Waals surface area contributed by atoms with Crippen LogP contribution in [0.5, 0.6) is 5.75 Å². The first-order valence-electron chi connectivity index (χ1n) is 8.87. The van der Waals surface area contributed by atoms with E-state index in [-0.39, 0.29) is 38.2 Å². The molecule has 0 fully saturated rings. The minimum Gasteiger partial charge on any atom is -0.423 e. The van der Waals surface area contributed by atoms with E-state index < -0.39 is 17.5 Å². The van der Waals surface area contributed by atoms with Gasteiger partial charge < -0.3 is 10.1 Å². The Hall–Kier alpha value is -3.41. The van der Waals surface area contributed by atoms with Crippen molar-refractivity contribution < 1.29 is 19.1 Å². The number of rotatable bonds is 4. The van der Waals surface area contributed by atoms with Gasteiger partial charge in [-0.3, -0.25) is 9.59 Å². The molecule has 1 aliphatic carbocycles. The van der Waals surface area contributed by atoms with Gasteiger partial charge in [-0.1, -0.05) is 65.7 Å². The van der Waals surface area contributed by atoms with Crippen LogP contribution in [0.4, 0.5) is 5.69 Å². The fourth-order valence-corrected chi connectivity index (χ4v) is 3.48. The Labute approximate surface area is 181 Å². The molecule has 0 aromatic heterocycles. The predicted octanol–water partition coefficient (Wildman–Crippen LogP) is 5.50. The summed E-state index contributed by atoms with van der Waals surface area (Å²) in [6, 6.07) is 19.4. The normalized spacial score (nSPS) is 13.1. The molecular formula is C23H13Cl2NO4. The van der Waals surface area contributed by atoms with Gasteiger partial charge in [-0.05, 0) is 24.3 Å². The van der Waals surface area contributed by atoms with Crippen LogP contribution in [-0.4, -0.2) is 17.5 Å². The third-order valence-corrected chi connectivity index (χ3v) is 5.16. The molecule has 0 atom stereocenters. The first kappa shape index (κ1) is 19.9. The maximum Gasteiger partial charge on any atom is 0.345 e. The first-order valence-corrected chi connectivity index (χ1v) is 9.63. The summed E-state index contributed by atoms with van der Waals surface area (Å²) in [7, 11) is 0. The van der Waals surface area contributed by atoms with E-state index in [2.05, 4.69) is 5.32 Å². The number of carbonyl (C=O) groups is 3. The number of allylic oxidation sites excluding steroid dienone is 2. The van der Waals surface area contributed by atoms with E-state index in [1.807, 2.05) is 0 Å². The third-order valence-electron chi connectivity index (χ3n) is 4.47. The van der Waals surface area contributed by atoms with Gasteiger partial charge in [0.1, 0.15) is 16.5 Å². The van der Waals surface area contributed by atoms with Crippen LogP contribution in [0.3, 0.4) is 0 Å². The molecule has 0 spiro atoms. The molecule has 0 saturated heterocycles. The molecule has 3 aromatic carbocycles. The van der Waals surface area contributed by atoms with E-state index >= 15 is 0 Å². The van der Waals surface area contributed by atoms with Gasteiger partial charge in [0.05, 0.1) is 10.6 Å². The Morgan fingerprint density at radius 1 is 0.800 bits per heavy atom.